The molecule has 0 aliphatic rings. The second kappa shape index (κ2) is 9.31. The van der Waals surface area contributed by atoms with Crippen LogP contribution < -0.4 is 15.5 Å². The van der Waals surface area contributed by atoms with E-state index in [0.29, 0.717) is 15.6 Å². The van der Waals surface area contributed by atoms with Gasteiger partial charge in [-0.15, -0.1) is 0 Å². The highest BCUT2D eigenvalue weighted by Gasteiger charge is 2.19. The molecule has 2 aromatic rings. The number of nitrogens with zero attached hydrogens (tertiary/aromatic N) is 1. The lowest BCUT2D eigenvalue weighted by molar-refractivity contribution is -0.862. The number of nitro benzene ring substituents is 1. The Morgan fingerprint density at radius 2 is 1.56 bits per heavy atom. The van der Waals surface area contributed by atoms with Crippen molar-refractivity contribution < 1.29 is 19.4 Å². The summed E-state index contributed by atoms with van der Waals surface area (Å²) in [5.74, 6) is -0.739. The van der Waals surface area contributed by atoms with Gasteiger partial charge in [-0.2, -0.15) is 0 Å². The number of benzene rings is 2. The molecule has 2 aromatic carbocycles. The Balaban J connectivity index is 1.89. The number of anilines is 2. The fourth-order valence-corrected chi connectivity index (χ4v) is 2.60. The molecule has 0 radical (unpaired) electrons. The minimum atomic E-state index is -0.627. The van der Waals surface area contributed by atoms with Crippen LogP contribution >= 0.6 is 23.2 Å². The number of likely N-dealkylation sites (N-methyl/N-ethyl adjacent to an activating group) is 1. The van der Waals surface area contributed by atoms with Crippen LogP contribution in [0.5, 0.6) is 0 Å². The maximum absolute atomic E-state index is 12.1. The fraction of sp³-hybridized carbons (Fsp3) is 0.176. The van der Waals surface area contributed by atoms with E-state index in [1.54, 1.807) is 31.3 Å². The normalized spacial score (nSPS) is 11.5. The van der Waals surface area contributed by atoms with Crippen molar-refractivity contribution in [1.82, 2.24) is 0 Å². The number of nitro groups is 1. The van der Waals surface area contributed by atoms with Gasteiger partial charge in [0, 0.05) is 21.8 Å². The predicted octanol–water partition coefficient (Wildman–Crippen LogP) is 1.99. The summed E-state index contributed by atoms with van der Waals surface area (Å²) in [6, 6.07) is 10.6. The average Bonchev–Trinajstić information content (AvgIpc) is 2.58. The van der Waals surface area contributed by atoms with Gasteiger partial charge in [-0.05, 0) is 36.4 Å². The fourth-order valence-electron chi connectivity index (χ4n) is 2.31. The SMILES string of the molecule is C[NH+](CC(=O)Nc1ccc(Cl)cc1)CC(=O)Nc1ccc(Cl)cc1[N+](=O)[O-]. The Labute approximate surface area is 165 Å². The third-order valence-electron chi connectivity index (χ3n) is 3.48. The van der Waals surface area contributed by atoms with Crippen molar-refractivity contribution in [2.24, 2.45) is 0 Å². The summed E-state index contributed by atoms with van der Waals surface area (Å²) < 4.78 is 0. The largest absolute Gasteiger partial charge is 0.322 e. The van der Waals surface area contributed by atoms with Crippen LogP contribution in [0.15, 0.2) is 42.5 Å². The molecule has 0 aliphatic heterocycles. The summed E-state index contributed by atoms with van der Waals surface area (Å²) in [5, 5.41) is 17.0. The topological polar surface area (TPSA) is 106 Å². The van der Waals surface area contributed by atoms with Crippen LogP contribution in [0.25, 0.3) is 0 Å². The van der Waals surface area contributed by atoms with E-state index >= 15 is 0 Å². The minimum absolute atomic E-state index is 0.0404. The standard InChI is InChI=1S/C17H16Cl2N4O4/c1-22(9-16(24)20-13-5-2-11(18)3-6-13)10-17(25)21-14-7-4-12(19)8-15(14)23(26)27/h2-8H,9-10H2,1H3,(H,20,24)(H,21,25)/p+1. The molecule has 0 aliphatic carbocycles. The van der Waals surface area contributed by atoms with Crippen molar-refractivity contribution in [3.63, 3.8) is 0 Å². The molecule has 0 saturated carbocycles. The summed E-state index contributed by atoms with van der Waals surface area (Å²) >= 11 is 11.5. The number of rotatable bonds is 7. The first-order valence-electron chi connectivity index (χ1n) is 7.85. The number of carbonyl (C=O) groups excluding carboxylic acids is 2. The van der Waals surface area contributed by atoms with Gasteiger partial charge in [0.05, 0.1) is 12.0 Å². The molecule has 3 N–H and O–H groups in total. The van der Waals surface area contributed by atoms with Crippen LogP contribution in [-0.2, 0) is 9.59 Å². The summed E-state index contributed by atoms with van der Waals surface area (Å²) in [6.45, 7) is -0.00737. The Hall–Kier alpha value is -2.68. The molecule has 1 unspecified atom stereocenters. The monoisotopic (exact) mass is 411 g/mol. The molecule has 0 spiro atoms. The molecule has 8 nitrogen and oxygen atoms in total. The van der Waals surface area contributed by atoms with Crippen LogP contribution in [0.3, 0.4) is 0 Å². The van der Waals surface area contributed by atoms with Crippen molar-refractivity contribution in [3.8, 4) is 0 Å². The number of halogens is 2. The van der Waals surface area contributed by atoms with Crippen molar-refractivity contribution in [1.29, 1.82) is 0 Å². The van der Waals surface area contributed by atoms with E-state index in [-0.39, 0.29) is 35.4 Å². The Morgan fingerprint density at radius 1 is 1.00 bits per heavy atom. The quantitative estimate of drug-likeness (QED) is 0.478. The number of nitrogens with one attached hydrogen (secondary N) is 3. The number of hydrogen-bond acceptors (Lipinski definition) is 4. The molecular weight excluding hydrogens is 395 g/mol. The maximum Gasteiger partial charge on any atom is 0.294 e. The van der Waals surface area contributed by atoms with Gasteiger partial charge >= 0.3 is 0 Å². The van der Waals surface area contributed by atoms with Crippen LogP contribution in [0.2, 0.25) is 10.0 Å². The first kappa shape index (κ1) is 20.6. The molecule has 0 aromatic heterocycles. The minimum Gasteiger partial charge on any atom is -0.322 e. The van der Waals surface area contributed by atoms with Gasteiger partial charge in [0.15, 0.2) is 13.1 Å². The number of carbonyl (C=O) groups is 2. The van der Waals surface area contributed by atoms with Crippen LogP contribution in [0.4, 0.5) is 17.1 Å². The summed E-state index contributed by atoms with van der Waals surface area (Å²) in [7, 11) is 1.66. The van der Waals surface area contributed by atoms with E-state index < -0.39 is 10.8 Å². The van der Waals surface area contributed by atoms with Crippen molar-refractivity contribution in [3.05, 3.63) is 62.6 Å². The van der Waals surface area contributed by atoms with E-state index in [9.17, 15) is 19.7 Å². The van der Waals surface area contributed by atoms with Gasteiger partial charge < -0.3 is 15.5 Å². The molecule has 0 saturated heterocycles. The molecule has 0 heterocycles. The lowest BCUT2D eigenvalue weighted by Gasteiger charge is -2.14. The molecule has 2 rings (SSSR count). The van der Waals surface area contributed by atoms with Gasteiger partial charge in [0.1, 0.15) is 5.69 Å². The van der Waals surface area contributed by atoms with E-state index in [1.165, 1.54) is 12.1 Å². The van der Waals surface area contributed by atoms with Gasteiger partial charge in [0.2, 0.25) is 0 Å². The zero-order chi connectivity index (χ0) is 20.0. The first-order valence-corrected chi connectivity index (χ1v) is 8.60. The van der Waals surface area contributed by atoms with Crippen LogP contribution in [0, 0.1) is 10.1 Å². The van der Waals surface area contributed by atoms with E-state index in [4.69, 9.17) is 23.2 Å². The molecule has 2 amide bonds. The Kier molecular flexibility index (Phi) is 7.12. The second-order valence-corrected chi connectivity index (χ2v) is 6.71. The number of quaternary nitrogens is 1. The zero-order valence-electron chi connectivity index (χ0n) is 14.3. The van der Waals surface area contributed by atoms with Crippen LogP contribution in [0.1, 0.15) is 0 Å². The molecule has 27 heavy (non-hydrogen) atoms. The number of hydrogen-bond donors (Lipinski definition) is 3. The van der Waals surface area contributed by atoms with Crippen molar-refractivity contribution in [2.45, 2.75) is 0 Å². The van der Waals surface area contributed by atoms with Crippen LogP contribution in [-0.4, -0.2) is 36.9 Å². The molecule has 10 heteroatoms. The van der Waals surface area contributed by atoms with Crippen molar-refractivity contribution in [2.75, 3.05) is 30.8 Å². The predicted molar refractivity (Wildman–Crippen MR) is 103 cm³/mol. The Morgan fingerprint density at radius 3 is 2.15 bits per heavy atom. The van der Waals surface area contributed by atoms with Gasteiger partial charge in [0.25, 0.3) is 17.5 Å². The summed E-state index contributed by atoms with van der Waals surface area (Å²) in [5.41, 5.74) is 0.347. The summed E-state index contributed by atoms with van der Waals surface area (Å²) in [4.78, 5) is 35.2. The molecule has 0 bridgehead atoms. The highest BCUT2D eigenvalue weighted by Crippen LogP contribution is 2.27. The molecule has 1 atom stereocenters. The third kappa shape index (κ3) is 6.52. The second-order valence-electron chi connectivity index (χ2n) is 5.83. The molecule has 0 fully saturated rings. The average molecular weight is 412 g/mol. The van der Waals surface area contributed by atoms with E-state index in [0.717, 1.165) is 6.07 Å². The maximum atomic E-state index is 12.1. The van der Waals surface area contributed by atoms with Gasteiger partial charge in [-0.25, -0.2) is 0 Å². The van der Waals surface area contributed by atoms with Gasteiger partial charge in [-0.1, -0.05) is 23.2 Å². The molecule has 142 valence electrons. The lowest BCUT2D eigenvalue weighted by Crippen LogP contribution is -3.11. The third-order valence-corrected chi connectivity index (χ3v) is 3.97. The Bertz CT molecular complexity index is 859. The first-order chi connectivity index (χ1) is 12.7. The number of amides is 2. The van der Waals surface area contributed by atoms with Crippen molar-refractivity contribution >= 4 is 52.1 Å². The van der Waals surface area contributed by atoms with E-state index in [1.807, 2.05) is 0 Å². The smallest absolute Gasteiger partial charge is 0.294 e. The molecular formula is C17H17Cl2N4O4+. The summed E-state index contributed by atoms with van der Waals surface area (Å²) in [6.07, 6.45) is 0. The zero-order valence-corrected chi connectivity index (χ0v) is 15.8. The van der Waals surface area contributed by atoms with Gasteiger partial charge in [-0.3, -0.25) is 19.7 Å². The lowest BCUT2D eigenvalue weighted by atomic mass is 10.2. The highest BCUT2D eigenvalue weighted by atomic mass is 35.5. The highest BCUT2D eigenvalue weighted by molar-refractivity contribution is 6.31. The van der Waals surface area contributed by atoms with E-state index in [2.05, 4.69) is 10.6 Å².